The summed E-state index contributed by atoms with van der Waals surface area (Å²) in [6, 6.07) is 0. The highest BCUT2D eigenvalue weighted by Gasteiger charge is 2.39. The molecule has 0 N–H and O–H groups in total. The summed E-state index contributed by atoms with van der Waals surface area (Å²) in [7, 11) is 3.64. The van der Waals surface area contributed by atoms with E-state index in [2.05, 4.69) is 63.2 Å². The van der Waals surface area contributed by atoms with E-state index in [-0.39, 0.29) is 0 Å². The maximum atomic E-state index is 2.40. The fraction of sp³-hybridized carbons (Fsp3) is 1.00. The summed E-state index contributed by atoms with van der Waals surface area (Å²) in [5.74, 6) is 0.754. The van der Waals surface area contributed by atoms with Crippen molar-refractivity contribution in [3.63, 3.8) is 0 Å². The van der Waals surface area contributed by atoms with Gasteiger partial charge >= 0.3 is 0 Å². The van der Waals surface area contributed by atoms with Crippen LogP contribution in [0.15, 0.2) is 0 Å². The molecule has 0 bridgehead atoms. The lowest BCUT2D eigenvalue weighted by atomic mass is 9.30. The quantitative estimate of drug-likeness (QED) is 0.602. The lowest BCUT2D eigenvalue weighted by Gasteiger charge is -2.45. The van der Waals surface area contributed by atoms with Gasteiger partial charge in [-0.15, -0.1) is 0 Å². The van der Waals surface area contributed by atoms with E-state index in [0.29, 0.717) is 15.9 Å². The molecule has 0 atom stereocenters. The third-order valence-electron chi connectivity index (χ3n) is 4.49. The first-order valence-corrected chi connectivity index (χ1v) is 5.90. The zero-order valence-electron chi connectivity index (χ0n) is 11.8. The molecule has 0 amide bonds. The second-order valence-corrected chi connectivity index (χ2v) is 7.45. The summed E-state index contributed by atoms with van der Waals surface area (Å²) in [4.78, 5) is 0. The highest BCUT2D eigenvalue weighted by molar-refractivity contribution is 6.46. The summed E-state index contributed by atoms with van der Waals surface area (Å²) in [5, 5.41) is 1.23. The van der Waals surface area contributed by atoms with Gasteiger partial charge in [-0.2, -0.15) is 0 Å². The van der Waals surface area contributed by atoms with Gasteiger partial charge < -0.3 is 0 Å². The van der Waals surface area contributed by atoms with Crippen molar-refractivity contribution in [2.75, 3.05) is 0 Å². The largest absolute Gasteiger partial charge is 0.134 e. The molecule has 0 radical (unpaired) electrons. The van der Waals surface area contributed by atoms with Crippen LogP contribution in [0.25, 0.3) is 0 Å². The molecule has 0 aromatic heterocycles. The molecule has 14 heavy (non-hydrogen) atoms. The average molecular weight is 194 g/mol. The Balaban J connectivity index is 4.67. The van der Waals surface area contributed by atoms with Crippen molar-refractivity contribution in [2.24, 2.45) is 5.92 Å². The van der Waals surface area contributed by atoms with Crippen LogP contribution in [0.2, 0.25) is 15.9 Å². The van der Waals surface area contributed by atoms with Gasteiger partial charge in [-0.3, -0.25) is 0 Å². The molecule has 0 aliphatic rings. The molecular weight excluding hydrogens is 166 g/mol. The summed E-state index contributed by atoms with van der Waals surface area (Å²) < 4.78 is 0. The third kappa shape index (κ3) is 3.37. The minimum absolute atomic E-state index is 0.388. The molecule has 0 saturated heterocycles. The molecule has 0 fully saturated rings. The second-order valence-electron chi connectivity index (χ2n) is 7.45. The summed E-state index contributed by atoms with van der Waals surface area (Å²) >= 11 is 0. The van der Waals surface area contributed by atoms with Crippen molar-refractivity contribution in [3.05, 3.63) is 0 Å². The molecule has 0 aromatic carbocycles. The van der Waals surface area contributed by atoms with Crippen LogP contribution in [-0.2, 0) is 0 Å². The Kier molecular flexibility index (Phi) is 3.98. The van der Waals surface area contributed by atoms with Gasteiger partial charge in [-0.1, -0.05) is 71.3 Å². The van der Waals surface area contributed by atoms with Crippen LogP contribution in [0.4, 0.5) is 0 Å². The summed E-state index contributed by atoms with van der Waals surface area (Å²) in [6.45, 7) is 19.0. The topological polar surface area (TPSA) is 0 Å². The first-order valence-electron chi connectivity index (χ1n) is 5.90. The predicted molar refractivity (Wildman–Crippen MR) is 72.7 cm³/mol. The van der Waals surface area contributed by atoms with E-state index in [1.165, 1.54) is 7.28 Å². The first kappa shape index (κ1) is 14.1. The Labute approximate surface area is 92.9 Å². The zero-order chi connectivity index (χ0) is 11.8. The van der Waals surface area contributed by atoms with Crippen LogP contribution in [0.1, 0.15) is 55.4 Å². The molecule has 0 spiro atoms. The molecule has 0 rings (SSSR count). The number of hydrogen-bond acceptors (Lipinski definition) is 0. The zero-order valence-corrected chi connectivity index (χ0v) is 11.8. The minimum Gasteiger partial charge on any atom is -0.0674 e. The van der Waals surface area contributed by atoms with Crippen molar-refractivity contribution in [2.45, 2.75) is 71.3 Å². The van der Waals surface area contributed by atoms with E-state index in [1.807, 2.05) is 0 Å². The normalized spacial score (nSPS) is 14.6. The lowest BCUT2D eigenvalue weighted by Crippen LogP contribution is -2.34. The molecule has 0 aliphatic heterocycles. The van der Waals surface area contributed by atoms with Crippen LogP contribution in [0.3, 0.4) is 0 Å². The Hall–Kier alpha value is 0.130. The van der Waals surface area contributed by atoms with Gasteiger partial charge in [0.2, 0.25) is 0 Å². The second kappa shape index (κ2) is 3.94. The van der Waals surface area contributed by atoms with Crippen molar-refractivity contribution < 1.29 is 0 Å². The maximum Gasteiger partial charge on any atom is 0.134 e. The molecule has 0 aromatic rings. The van der Waals surface area contributed by atoms with E-state index in [0.717, 1.165) is 5.92 Å². The Morgan fingerprint density at radius 2 is 1.29 bits per heavy atom. The predicted octanol–water partition coefficient (Wildman–Crippen LogP) is 3.31. The van der Waals surface area contributed by atoms with Gasteiger partial charge in [0.15, 0.2) is 0 Å². The number of rotatable bonds is 4. The monoisotopic (exact) mass is 194 g/mol. The molecule has 0 aliphatic carbocycles. The lowest BCUT2D eigenvalue weighted by molar-refractivity contribution is 0.427. The smallest absolute Gasteiger partial charge is 0.0674 e. The van der Waals surface area contributed by atoms with Gasteiger partial charge in [-0.25, -0.2) is 0 Å². The minimum atomic E-state index is 0.388. The van der Waals surface area contributed by atoms with Gasteiger partial charge in [0.05, 0.1) is 0 Å². The summed E-state index contributed by atoms with van der Waals surface area (Å²) in [6.07, 6.45) is 0. The third-order valence-corrected chi connectivity index (χ3v) is 4.49. The molecule has 0 unspecified atom stereocenters. The van der Waals surface area contributed by atoms with Crippen molar-refractivity contribution in [1.29, 1.82) is 0 Å². The van der Waals surface area contributed by atoms with Crippen LogP contribution in [-0.4, -0.2) is 15.1 Å². The van der Waals surface area contributed by atoms with Crippen LogP contribution < -0.4 is 0 Å². The molecule has 82 valence electrons. The van der Waals surface area contributed by atoms with Crippen LogP contribution in [0.5, 0.6) is 0 Å². The van der Waals surface area contributed by atoms with Crippen molar-refractivity contribution in [1.82, 2.24) is 0 Å². The molecule has 0 saturated carbocycles. The highest BCUT2D eigenvalue weighted by Crippen LogP contribution is 2.53. The fourth-order valence-electron chi connectivity index (χ4n) is 1.61. The summed E-state index contributed by atoms with van der Waals surface area (Å²) in [5.41, 5.74) is 0. The first-order chi connectivity index (χ1) is 5.90. The van der Waals surface area contributed by atoms with Gasteiger partial charge in [0.25, 0.3) is 0 Å². The van der Waals surface area contributed by atoms with Crippen molar-refractivity contribution >= 4 is 15.1 Å². The van der Waals surface area contributed by atoms with Gasteiger partial charge in [-0.05, 0) is 5.92 Å². The SMILES string of the molecule is BC(C)(C)C(C)(C)BC(C)(C)C(C)C. The molecule has 0 heterocycles. The van der Waals surface area contributed by atoms with E-state index in [1.54, 1.807) is 0 Å². The number of hydrogen-bond donors (Lipinski definition) is 0. The Morgan fingerprint density at radius 1 is 0.929 bits per heavy atom. The van der Waals surface area contributed by atoms with Crippen LogP contribution in [0, 0.1) is 5.92 Å². The Morgan fingerprint density at radius 3 is 1.50 bits per heavy atom. The average Bonchev–Trinajstić information content (AvgIpc) is 1.80. The standard InChI is InChI=1S/C12H28B2/c1-9(2)10(3,4)14-12(7,8)11(5,6)13/h9,14H,13H2,1-8H3. The molecule has 0 nitrogen and oxygen atoms in total. The van der Waals surface area contributed by atoms with Crippen LogP contribution >= 0.6 is 0 Å². The van der Waals surface area contributed by atoms with Gasteiger partial charge in [0, 0.05) is 0 Å². The van der Waals surface area contributed by atoms with Crippen molar-refractivity contribution in [3.8, 4) is 0 Å². The Bertz CT molecular complexity index is 185. The van der Waals surface area contributed by atoms with Gasteiger partial charge in [0.1, 0.15) is 15.1 Å². The molecule has 2 heteroatoms. The van der Waals surface area contributed by atoms with E-state index in [4.69, 9.17) is 0 Å². The van der Waals surface area contributed by atoms with E-state index < -0.39 is 0 Å². The molecular formula is C12H28B2. The van der Waals surface area contributed by atoms with E-state index in [9.17, 15) is 0 Å². The maximum absolute atomic E-state index is 2.40. The fourth-order valence-corrected chi connectivity index (χ4v) is 1.61. The van der Waals surface area contributed by atoms with E-state index >= 15 is 0 Å². The highest BCUT2D eigenvalue weighted by atomic mass is 14.3.